The molecule has 0 bridgehead atoms. The summed E-state index contributed by atoms with van der Waals surface area (Å²) in [5.41, 5.74) is 2.29. The summed E-state index contributed by atoms with van der Waals surface area (Å²) in [4.78, 5) is 15.9. The van der Waals surface area contributed by atoms with Crippen LogP contribution >= 0.6 is 0 Å². The minimum Gasteiger partial charge on any atom is -0.490 e. The first kappa shape index (κ1) is 20.6. The van der Waals surface area contributed by atoms with E-state index in [1.807, 2.05) is 24.4 Å². The van der Waals surface area contributed by atoms with E-state index in [9.17, 15) is 18.0 Å². The lowest BCUT2D eigenvalue weighted by Gasteiger charge is -2.35. The van der Waals surface area contributed by atoms with Crippen molar-refractivity contribution in [3.63, 3.8) is 0 Å². The summed E-state index contributed by atoms with van der Waals surface area (Å²) in [5, 5.41) is 4.02. The van der Waals surface area contributed by atoms with Crippen molar-refractivity contribution in [2.45, 2.75) is 56.7 Å². The average molecular weight is 454 g/mol. The van der Waals surface area contributed by atoms with Crippen molar-refractivity contribution in [3.8, 4) is 5.75 Å². The fourth-order valence-corrected chi connectivity index (χ4v) is 5.47. The number of rotatable bonds is 5. The monoisotopic (exact) mass is 454 g/mol. The lowest BCUT2D eigenvalue weighted by Crippen LogP contribution is -2.32. The van der Waals surface area contributed by atoms with Gasteiger partial charge in [0.1, 0.15) is 5.75 Å². The number of carbonyl (C=O) groups is 1. The molecule has 1 atom stereocenters. The molecule has 3 aliphatic rings. The van der Waals surface area contributed by atoms with E-state index in [1.165, 1.54) is 19.3 Å². The third kappa shape index (κ3) is 3.67. The van der Waals surface area contributed by atoms with Crippen LogP contribution in [0.5, 0.6) is 5.75 Å². The Kier molecular flexibility index (Phi) is 4.55. The Balaban J connectivity index is 1.08. The van der Waals surface area contributed by atoms with Crippen LogP contribution in [0, 0.1) is 11.3 Å². The van der Waals surface area contributed by atoms with E-state index in [0.29, 0.717) is 0 Å². The number of carbonyl (C=O) groups excluding carboxylic acids is 1. The van der Waals surface area contributed by atoms with Gasteiger partial charge in [-0.1, -0.05) is 18.6 Å². The number of benzene rings is 2. The van der Waals surface area contributed by atoms with Crippen LogP contribution in [0.15, 0.2) is 48.7 Å². The molecule has 1 spiro atoms. The van der Waals surface area contributed by atoms with Crippen LogP contribution in [0.1, 0.15) is 55.6 Å². The standard InChI is InChI=1S/C26H25F3N2O2/c27-26(28,29)17-4-2-15(3-5-17)16-10-19(11-16)33-18-6-7-22-20(12-18)23(14-30-22)31-24(32)21-13-25(21)8-1-9-25/h2-7,12,14,16,19,21,30H,1,8-11,13H2,(H,31,32)/t16-,19-,21?. The summed E-state index contributed by atoms with van der Waals surface area (Å²) < 4.78 is 44.4. The van der Waals surface area contributed by atoms with Crippen LogP contribution in [-0.4, -0.2) is 17.0 Å². The molecule has 1 unspecified atom stereocenters. The first-order valence-corrected chi connectivity index (χ1v) is 11.6. The number of halogens is 3. The van der Waals surface area contributed by atoms with E-state index >= 15 is 0 Å². The van der Waals surface area contributed by atoms with Crippen molar-refractivity contribution < 1.29 is 22.7 Å². The Hall–Kier alpha value is -2.96. The van der Waals surface area contributed by atoms with E-state index in [-0.39, 0.29) is 29.3 Å². The Morgan fingerprint density at radius 3 is 2.48 bits per heavy atom. The number of anilines is 1. The van der Waals surface area contributed by atoms with Gasteiger partial charge in [0.15, 0.2) is 0 Å². The quantitative estimate of drug-likeness (QED) is 0.454. The molecule has 0 aliphatic heterocycles. The zero-order valence-electron chi connectivity index (χ0n) is 18.0. The van der Waals surface area contributed by atoms with Crippen molar-refractivity contribution in [1.29, 1.82) is 0 Å². The molecule has 2 N–H and O–H groups in total. The summed E-state index contributed by atoms with van der Waals surface area (Å²) >= 11 is 0. The zero-order chi connectivity index (χ0) is 22.8. The summed E-state index contributed by atoms with van der Waals surface area (Å²) in [7, 11) is 0. The molecule has 1 heterocycles. The molecular weight excluding hydrogens is 429 g/mol. The highest BCUT2D eigenvalue weighted by Gasteiger charge is 2.60. The molecule has 7 heteroatoms. The Bertz CT molecular complexity index is 1200. The number of fused-ring (bicyclic) bond motifs is 1. The maximum Gasteiger partial charge on any atom is 0.416 e. The SMILES string of the molecule is O=C(Nc1c[nH]c2ccc(O[C@H]3C[C@H](c4ccc(C(F)(F)F)cc4)C3)cc12)C1CC12CCC2. The maximum atomic E-state index is 12.8. The van der Waals surface area contributed by atoms with Gasteiger partial charge in [-0.2, -0.15) is 13.2 Å². The number of H-pyrrole nitrogens is 1. The number of alkyl halides is 3. The van der Waals surface area contributed by atoms with Gasteiger partial charge < -0.3 is 15.0 Å². The summed E-state index contributed by atoms with van der Waals surface area (Å²) in [6.45, 7) is 0. The molecule has 172 valence electrons. The Morgan fingerprint density at radius 2 is 1.85 bits per heavy atom. The van der Waals surface area contributed by atoms with Gasteiger partial charge in [0.2, 0.25) is 5.91 Å². The highest BCUT2D eigenvalue weighted by Crippen LogP contribution is 2.65. The topological polar surface area (TPSA) is 54.1 Å². The number of ether oxygens (including phenoxy) is 1. The van der Waals surface area contributed by atoms with Gasteiger partial charge in [-0.05, 0) is 79.3 Å². The molecule has 4 nitrogen and oxygen atoms in total. The number of hydrogen-bond donors (Lipinski definition) is 2. The molecule has 3 fully saturated rings. The van der Waals surface area contributed by atoms with Gasteiger partial charge in [0.05, 0.1) is 17.4 Å². The number of aromatic nitrogens is 1. The molecule has 0 radical (unpaired) electrons. The van der Waals surface area contributed by atoms with Crippen LogP contribution < -0.4 is 10.1 Å². The van der Waals surface area contributed by atoms with Gasteiger partial charge in [-0.25, -0.2) is 0 Å². The largest absolute Gasteiger partial charge is 0.490 e. The lowest BCUT2D eigenvalue weighted by atomic mass is 9.77. The fourth-order valence-electron chi connectivity index (χ4n) is 5.47. The van der Waals surface area contributed by atoms with Crippen LogP contribution in [0.4, 0.5) is 18.9 Å². The second-order valence-electron chi connectivity index (χ2n) is 9.90. The molecule has 3 aliphatic carbocycles. The highest BCUT2D eigenvalue weighted by atomic mass is 19.4. The first-order valence-electron chi connectivity index (χ1n) is 11.6. The molecule has 33 heavy (non-hydrogen) atoms. The van der Waals surface area contributed by atoms with Crippen molar-refractivity contribution >= 4 is 22.5 Å². The fraction of sp³-hybridized carbons (Fsp3) is 0.423. The second-order valence-corrected chi connectivity index (χ2v) is 9.90. The van der Waals surface area contributed by atoms with Crippen molar-refractivity contribution in [2.24, 2.45) is 11.3 Å². The Morgan fingerprint density at radius 1 is 1.09 bits per heavy atom. The lowest BCUT2D eigenvalue weighted by molar-refractivity contribution is -0.137. The third-order valence-electron chi connectivity index (χ3n) is 7.87. The molecule has 6 rings (SSSR count). The van der Waals surface area contributed by atoms with Crippen LogP contribution in [0.2, 0.25) is 0 Å². The molecular formula is C26H25F3N2O2. The predicted octanol–water partition coefficient (Wildman–Crippen LogP) is 6.64. The van der Waals surface area contributed by atoms with E-state index in [1.54, 1.807) is 12.1 Å². The molecule has 1 aromatic heterocycles. The summed E-state index contributed by atoms with van der Waals surface area (Å²) in [6, 6.07) is 11.2. The average Bonchev–Trinajstić information content (AvgIpc) is 3.40. The molecule has 3 aromatic rings. The van der Waals surface area contributed by atoms with Crippen molar-refractivity contribution in [2.75, 3.05) is 5.32 Å². The van der Waals surface area contributed by atoms with Crippen LogP contribution in [-0.2, 0) is 11.0 Å². The zero-order valence-corrected chi connectivity index (χ0v) is 18.0. The number of nitrogens with one attached hydrogen (secondary N) is 2. The normalized spacial score (nSPS) is 25.4. The van der Waals surface area contributed by atoms with E-state index in [0.717, 1.165) is 59.3 Å². The number of amides is 1. The van der Waals surface area contributed by atoms with Gasteiger partial charge >= 0.3 is 6.18 Å². The van der Waals surface area contributed by atoms with Crippen molar-refractivity contribution in [3.05, 3.63) is 59.8 Å². The van der Waals surface area contributed by atoms with Gasteiger partial charge in [0, 0.05) is 23.0 Å². The maximum absolute atomic E-state index is 12.8. The Labute approximate surface area is 189 Å². The minimum absolute atomic E-state index is 0.0247. The number of hydrogen-bond acceptors (Lipinski definition) is 2. The minimum atomic E-state index is -4.31. The van der Waals surface area contributed by atoms with Gasteiger partial charge in [0.25, 0.3) is 0 Å². The van der Waals surface area contributed by atoms with Gasteiger partial charge in [-0.3, -0.25) is 4.79 Å². The van der Waals surface area contributed by atoms with Crippen LogP contribution in [0.25, 0.3) is 10.9 Å². The van der Waals surface area contributed by atoms with Gasteiger partial charge in [-0.15, -0.1) is 0 Å². The molecule has 3 saturated carbocycles. The van der Waals surface area contributed by atoms with Crippen LogP contribution in [0.3, 0.4) is 0 Å². The molecule has 2 aromatic carbocycles. The van der Waals surface area contributed by atoms with E-state index in [2.05, 4.69) is 10.3 Å². The molecule has 0 saturated heterocycles. The number of aromatic amines is 1. The third-order valence-corrected chi connectivity index (χ3v) is 7.87. The van der Waals surface area contributed by atoms with Crippen molar-refractivity contribution in [1.82, 2.24) is 4.98 Å². The van der Waals surface area contributed by atoms with E-state index in [4.69, 9.17) is 4.74 Å². The van der Waals surface area contributed by atoms with E-state index < -0.39 is 11.7 Å². The molecule has 1 amide bonds. The smallest absolute Gasteiger partial charge is 0.416 e. The first-order chi connectivity index (χ1) is 15.8. The highest BCUT2D eigenvalue weighted by molar-refractivity contribution is 6.03. The summed E-state index contributed by atoms with van der Waals surface area (Å²) in [5.74, 6) is 1.20. The predicted molar refractivity (Wildman–Crippen MR) is 119 cm³/mol. The second kappa shape index (κ2) is 7.27. The summed E-state index contributed by atoms with van der Waals surface area (Å²) in [6.07, 6.45) is 3.67.